The minimum atomic E-state index is -0.463. The van der Waals surface area contributed by atoms with Gasteiger partial charge in [0, 0.05) is 0 Å². The van der Waals surface area contributed by atoms with Crippen LogP contribution in [0.4, 0.5) is 0 Å². The summed E-state index contributed by atoms with van der Waals surface area (Å²) in [6.45, 7) is 0. The molecule has 0 aliphatic carbocycles. The molecule has 0 spiro atoms. The molecule has 0 aromatic heterocycles. The van der Waals surface area contributed by atoms with Crippen LogP contribution in [0.1, 0.15) is 0 Å². The SMILES string of the molecule is C1=C\C=C\C=C\C=[CH]\[In]=[CH]/1. The van der Waals surface area contributed by atoms with Gasteiger partial charge in [0.2, 0.25) is 0 Å². The molecule has 1 aliphatic heterocycles. The first-order valence-corrected chi connectivity index (χ1v) is 7.14. The molecule has 1 heterocycles. The van der Waals surface area contributed by atoms with E-state index in [4.69, 9.17) is 0 Å². The monoisotopic (exact) mass is 232 g/mol. The van der Waals surface area contributed by atoms with E-state index in [1.165, 1.54) is 0 Å². The first kappa shape index (κ1) is 7.80. The van der Waals surface area contributed by atoms with Crippen molar-refractivity contribution in [2.24, 2.45) is 0 Å². The molecule has 0 bridgehead atoms. The second-order valence-corrected chi connectivity index (χ2v) is 5.22. The Morgan fingerprint density at radius 2 is 1.20 bits per heavy atom. The van der Waals surface area contributed by atoms with Crippen LogP contribution in [0.3, 0.4) is 0 Å². The van der Waals surface area contributed by atoms with Gasteiger partial charge in [-0.25, -0.2) is 0 Å². The zero-order valence-corrected chi connectivity index (χ0v) is 9.07. The summed E-state index contributed by atoms with van der Waals surface area (Å²) in [5.74, 6) is 0. The van der Waals surface area contributed by atoms with Gasteiger partial charge in [0.15, 0.2) is 0 Å². The third-order valence-electron chi connectivity index (χ3n) is 1.11. The maximum absolute atomic E-state index is 2.32. The topological polar surface area (TPSA) is 0 Å². The van der Waals surface area contributed by atoms with Crippen molar-refractivity contribution >= 4 is 26.2 Å². The van der Waals surface area contributed by atoms with Gasteiger partial charge in [-0.05, 0) is 0 Å². The molecule has 0 radical (unpaired) electrons. The van der Waals surface area contributed by atoms with Gasteiger partial charge in [-0.15, -0.1) is 0 Å². The Hall–Kier alpha value is -0.300. The fourth-order valence-corrected chi connectivity index (χ4v) is 2.47. The van der Waals surface area contributed by atoms with Gasteiger partial charge in [-0.3, -0.25) is 0 Å². The fourth-order valence-electron chi connectivity index (χ4n) is 0.642. The molecule has 48 valence electrons. The molecule has 0 saturated heterocycles. The second-order valence-electron chi connectivity index (χ2n) is 1.92. The molecule has 1 rings (SSSR count). The predicted molar refractivity (Wildman–Crippen MR) is 48.4 cm³/mol. The average Bonchev–Trinajstić information content (AvgIpc) is 2.01. The van der Waals surface area contributed by atoms with Crippen molar-refractivity contribution in [3.8, 4) is 0 Å². The average molecular weight is 232 g/mol. The summed E-state index contributed by atoms with van der Waals surface area (Å²) in [5.41, 5.74) is 0. The summed E-state index contributed by atoms with van der Waals surface area (Å²) in [4.78, 5) is 0. The molecule has 0 atom stereocenters. The molecule has 0 aromatic rings. The Morgan fingerprint density at radius 1 is 0.600 bits per heavy atom. The normalized spacial score (nSPS) is 30.4. The molecule has 0 aromatic carbocycles. The number of rotatable bonds is 0. The fraction of sp³-hybridized carbons (Fsp3) is 0. The van der Waals surface area contributed by atoms with Gasteiger partial charge in [-0.1, -0.05) is 0 Å². The van der Waals surface area contributed by atoms with Crippen LogP contribution < -0.4 is 0 Å². The van der Waals surface area contributed by atoms with Gasteiger partial charge in [0.05, 0.1) is 0 Å². The van der Waals surface area contributed by atoms with Gasteiger partial charge in [-0.2, -0.15) is 0 Å². The zero-order valence-electron chi connectivity index (χ0n) is 5.77. The third-order valence-corrected chi connectivity index (χ3v) is 3.65. The Bertz CT molecular complexity index is 139. The van der Waals surface area contributed by atoms with E-state index in [9.17, 15) is 0 Å². The summed E-state index contributed by atoms with van der Waals surface area (Å²) in [7, 11) is 0. The standard InChI is InChI=1S/C9H9.In/c1-3-5-7-9-8-6-4-2;/h1-9H;/b3-1?,6-4-,7-5+,9-8+;. The maximum atomic E-state index is 2.32. The molecular weight excluding hydrogens is 223 g/mol. The van der Waals surface area contributed by atoms with Crippen LogP contribution in [0.5, 0.6) is 0 Å². The van der Waals surface area contributed by atoms with Crippen LogP contribution in [0, 0.1) is 0 Å². The third kappa shape index (κ3) is 3.67. The molecule has 0 saturated carbocycles. The minimum absolute atomic E-state index is 0.463. The molecule has 0 nitrogen and oxygen atoms in total. The molecule has 1 aliphatic rings. The number of allylic oxidation sites excluding steroid dienone is 7. The van der Waals surface area contributed by atoms with E-state index in [1.807, 2.05) is 6.08 Å². The van der Waals surface area contributed by atoms with Crippen LogP contribution in [0.25, 0.3) is 0 Å². The summed E-state index contributed by atoms with van der Waals surface area (Å²) in [6.07, 6.45) is 14.6. The van der Waals surface area contributed by atoms with Gasteiger partial charge in [0.25, 0.3) is 0 Å². The van der Waals surface area contributed by atoms with Crippen LogP contribution in [0.15, 0.2) is 46.4 Å². The first-order valence-electron chi connectivity index (χ1n) is 3.33. The molecule has 0 fully saturated rings. The molecule has 0 unspecified atom stereocenters. The van der Waals surface area contributed by atoms with Crippen LogP contribution in [-0.4, -0.2) is 26.2 Å². The van der Waals surface area contributed by atoms with Crippen molar-refractivity contribution < 1.29 is 0 Å². The first-order chi connectivity index (χ1) is 5.00. The summed E-state index contributed by atoms with van der Waals surface area (Å²) in [5, 5.41) is 0. The van der Waals surface area contributed by atoms with Gasteiger partial charge < -0.3 is 0 Å². The van der Waals surface area contributed by atoms with Gasteiger partial charge in [0.1, 0.15) is 0 Å². The van der Waals surface area contributed by atoms with Crippen LogP contribution in [0.2, 0.25) is 0 Å². The Labute approximate surface area is 72.5 Å². The predicted octanol–water partition coefficient (Wildman–Crippen LogP) is 1.69. The van der Waals surface area contributed by atoms with Crippen LogP contribution in [-0.2, 0) is 0 Å². The van der Waals surface area contributed by atoms with Crippen LogP contribution >= 0.6 is 0 Å². The summed E-state index contributed by atoms with van der Waals surface area (Å²) < 4.78 is 4.63. The van der Waals surface area contributed by atoms with Crippen molar-refractivity contribution in [1.82, 2.24) is 0 Å². The van der Waals surface area contributed by atoms with Crippen molar-refractivity contribution in [3.05, 3.63) is 46.4 Å². The second kappa shape index (κ2) is 5.48. The number of hydrogen-bond donors (Lipinski definition) is 0. The van der Waals surface area contributed by atoms with E-state index in [0.29, 0.717) is 0 Å². The zero-order chi connectivity index (χ0) is 7.07. The number of hydrogen-bond acceptors (Lipinski definition) is 0. The van der Waals surface area contributed by atoms with E-state index < -0.39 is 22.4 Å². The molecule has 1 heteroatoms. The van der Waals surface area contributed by atoms with E-state index in [1.54, 1.807) is 0 Å². The van der Waals surface area contributed by atoms with Crippen molar-refractivity contribution in [2.45, 2.75) is 0 Å². The Morgan fingerprint density at radius 3 is 2.00 bits per heavy atom. The summed E-state index contributed by atoms with van der Waals surface area (Å²) in [6, 6.07) is 0. The van der Waals surface area contributed by atoms with E-state index in [-0.39, 0.29) is 0 Å². The molecule has 0 amide bonds. The van der Waals surface area contributed by atoms with E-state index in [2.05, 4.69) is 44.0 Å². The Kier molecular flexibility index (Phi) is 4.28. The quantitative estimate of drug-likeness (QED) is 0.596. The van der Waals surface area contributed by atoms with Crippen molar-refractivity contribution in [2.75, 3.05) is 0 Å². The molecule has 10 heavy (non-hydrogen) atoms. The van der Waals surface area contributed by atoms with Crippen molar-refractivity contribution in [3.63, 3.8) is 0 Å². The molecular formula is C9H9In. The van der Waals surface area contributed by atoms with Crippen molar-refractivity contribution in [1.29, 1.82) is 0 Å². The molecule has 0 N–H and O–H groups in total. The summed E-state index contributed by atoms with van der Waals surface area (Å²) >= 11 is -0.463. The van der Waals surface area contributed by atoms with E-state index in [0.717, 1.165) is 0 Å². The van der Waals surface area contributed by atoms with E-state index >= 15 is 0 Å². The Balaban J connectivity index is 2.70. The van der Waals surface area contributed by atoms with Gasteiger partial charge >= 0.3 is 72.5 Å².